The van der Waals surface area contributed by atoms with E-state index in [1.807, 2.05) is 24.3 Å². The van der Waals surface area contributed by atoms with E-state index in [4.69, 9.17) is 0 Å². The van der Waals surface area contributed by atoms with Crippen LogP contribution in [0.25, 0.3) is 10.8 Å². The predicted molar refractivity (Wildman–Crippen MR) is 135 cm³/mol. The number of nitrogens with one attached hydrogen (secondary N) is 1. The van der Waals surface area contributed by atoms with Crippen LogP contribution < -0.4 is 10.3 Å². The first-order chi connectivity index (χ1) is 15.3. The van der Waals surface area contributed by atoms with Gasteiger partial charge >= 0.3 is 0 Å². The van der Waals surface area contributed by atoms with E-state index in [1.165, 1.54) is 16.8 Å². The summed E-state index contributed by atoms with van der Waals surface area (Å²) in [5.41, 5.74) is 8.78. The highest BCUT2D eigenvalue weighted by Gasteiger charge is 2.35. The molecule has 0 saturated heterocycles. The van der Waals surface area contributed by atoms with E-state index < -0.39 is 0 Å². The summed E-state index contributed by atoms with van der Waals surface area (Å²) >= 11 is 0. The molecule has 166 valence electrons. The molecule has 0 radical (unpaired) electrons. The first kappa shape index (κ1) is 22.1. The Morgan fingerprint density at radius 1 is 1.19 bits per heavy atom. The lowest BCUT2D eigenvalue weighted by atomic mass is 9.79. The molecule has 3 aromatic rings. The molecular weight excluding hydrogens is 394 g/mol. The van der Waals surface area contributed by atoms with Crippen molar-refractivity contribution < 1.29 is 4.79 Å². The summed E-state index contributed by atoms with van der Waals surface area (Å²) in [5.74, 6) is 0.372. The van der Waals surface area contributed by atoms with E-state index in [9.17, 15) is 4.79 Å². The van der Waals surface area contributed by atoms with Gasteiger partial charge in [0.15, 0.2) is 0 Å². The molecule has 0 fully saturated rings. The summed E-state index contributed by atoms with van der Waals surface area (Å²) in [5, 5.41) is 6.53. The molecule has 1 aliphatic heterocycles. The number of fused-ring (bicyclic) bond motifs is 2. The number of carbonyl (C=O) groups excluding carboxylic acids is 1. The fraction of sp³-hybridized carbons (Fsp3) is 0.357. The second kappa shape index (κ2) is 8.78. The van der Waals surface area contributed by atoms with Crippen LogP contribution in [-0.2, 0) is 11.2 Å². The summed E-state index contributed by atoms with van der Waals surface area (Å²) in [6, 6.07) is 18.7. The summed E-state index contributed by atoms with van der Waals surface area (Å²) in [6.45, 7) is 12.3. The largest absolute Gasteiger partial charge is 0.366 e. The quantitative estimate of drug-likeness (QED) is 0.404. The number of amides is 1. The zero-order valence-electron chi connectivity index (χ0n) is 19.8. The minimum absolute atomic E-state index is 0.111. The Hall–Kier alpha value is -3.14. The second-order valence-electron chi connectivity index (χ2n) is 9.54. The normalized spacial score (nSPS) is 17.5. The summed E-state index contributed by atoms with van der Waals surface area (Å²) in [7, 11) is 0. The molecule has 1 N–H and O–H groups in total. The topological polar surface area (TPSA) is 44.7 Å². The van der Waals surface area contributed by atoms with Crippen LogP contribution in [0.2, 0.25) is 0 Å². The van der Waals surface area contributed by atoms with Gasteiger partial charge in [0.2, 0.25) is 5.91 Å². The van der Waals surface area contributed by atoms with E-state index in [0.717, 1.165) is 34.9 Å². The van der Waals surface area contributed by atoms with Crippen molar-refractivity contribution in [1.82, 2.24) is 5.43 Å². The lowest BCUT2D eigenvalue weighted by Gasteiger charge is -2.47. The molecule has 1 heterocycles. The highest BCUT2D eigenvalue weighted by atomic mass is 16.2. The fourth-order valence-corrected chi connectivity index (χ4v) is 5.22. The molecule has 1 amide bonds. The molecular formula is C28H33N3O. The number of hydrogen-bond donors (Lipinski definition) is 1. The molecule has 0 spiro atoms. The number of anilines is 1. The Morgan fingerprint density at radius 2 is 1.94 bits per heavy atom. The van der Waals surface area contributed by atoms with Gasteiger partial charge in [-0.15, -0.1) is 0 Å². The molecule has 3 aromatic carbocycles. The second-order valence-corrected chi connectivity index (χ2v) is 9.54. The van der Waals surface area contributed by atoms with Gasteiger partial charge in [-0.3, -0.25) is 4.79 Å². The monoisotopic (exact) mass is 427 g/mol. The molecule has 0 unspecified atom stereocenters. The van der Waals surface area contributed by atoms with Crippen LogP contribution in [0, 0.1) is 6.92 Å². The van der Waals surface area contributed by atoms with Crippen molar-refractivity contribution in [2.45, 2.75) is 58.9 Å². The van der Waals surface area contributed by atoms with E-state index in [2.05, 4.69) is 80.4 Å². The zero-order chi connectivity index (χ0) is 22.9. The summed E-state index contributed by atoms with van der Waals surface area (Å²) in [6.07, 6.45) is 3.20. The van der Waals surface area contributed by atoms with Crippen molar-refractivity contribution in [2.24, 2.45) is 5.10 Å². The van der Waals surface area contributed by atoms with Crippen LogP contribution in [0.3, 0.4) is 0 Å². The van der Waals surface area contributed by atoms with Crippen molar-refractivity contribution >= 4 is 28.6 Å². The third-order valence-electron chi connectivity index (χ3n) is 6.71. The lowest BCUT2D eigenvalue weighted by molar-refractivity contribution is -0.120. The zero-order valence-corrected chi connectivity index (χ0v) is 19.8. The van der Waals surface area contributed by atoms with E-state index >= 15 is 0 Å². The average Bonchev–Trinajstić information content (AvgIpc) is 2.74. The number of hydrazone groups is 1. The van der Waals surface area contributed by atoms with Gasteiger partial charge in [-0.2, -0.15) is 5.10 Å². The summed E-state index contributed by atoms with van der Waals surface area (Å²) < 4.78 is 0. The smallest absolute Gasteiger partial charge is 0.244 e. The molecule has 0 bridgehead atoms. The molecule has 0 saturated carbocycles. The van der Waals surface area contributed by atoms with Gasteiger partial charge in [0.25, 0.3) is 0 Å². The number of benzene rings is 3. The number of nitrogens with zero attached hydrogens (tertiary/aromatic N) is 2. The van der Waals surface area contributed by atoms with Gasteiger partial charge in [0, 0.05) is 17.8 Å². The molecule has 4 nitrogen and oxygen atoms in total. The molecule has 4 heteroatoms. The van der Waals surface area contributed by atoms with Gasteiger partial charge in [-0.25, -0.2) is 5.43 Å². The number of rotatable bonds is 5. The molecule has 1 aliphatic rings. The third-order valence-corrected chi connectivity index (χ3v) is 6.71. The van der Waals surface area contributed by atoms with Crippen molar-refractivity contribution in [1.29, 1.82) is 0 Å². The number of carbonyl (C=O) groups is 1. The molecule has 32 heavy (non-hydrogen) atoms. The average molecular weight is 428 g/mol. The number of hydrogen-bond acceptors (Lipinski definition) is 3. The maximum atomic E-state index is 12.5. The number of aryl methyl sites for hydroxylation is 1. The Bertz CT molecular complexity index is 1170. The van der Waals surface area contributed by atoms with Crippen molar-refractivity contribution in [3.63, 3.8) is 0 Å². The van der Waals surface area contributed by atoms with E-state index in [1.54, 1.807) is 6.21 Å². The fourth-order valence-electron chi connectivity index (χ4n) is 5.22. The maximum Gasteiger partial charge on any atom is 0.244 e. The maximum absolute atomic E-state index is 12.5. The van der Waals surface area contributed by atoms with Gasteiger partial charge in [0.05, 0.1) is 12.6 Å². The first-order valence-electron chi connectivity index (χ1n) is 11.5. The first-order valence-corrected chi connectivity index (χ1v) is 11.5. The van der Waals surface area contributed by atoms with Crippen LogP contribution >= 0.6 is 0 Å². The lowest BCUT2D eigenvalue weighted by Crippen LogP contribution is -2.48. The Balaban J connectivity index is 1.50. The van der Waals surface area contributed by atoms with Gasteiger partial charge in [-0.1, -0.05) is 49.4 Å². The summed E-state index contributed by atoms with van der Waals surface area (Å²) in [4.78, 5) is 15.0. The minimum atomic E-state index is -0.111. The molecule has 0 aromatic heterocycles. The SMILES string of the molecule is CCN1c2cc(C)c(/C=N\NC(=O)Cc3cccc4ccccc34)cc2[C@@H](C)CC1(C)C. The standard InChI is InChI=1S/C28H33N3O/c1-6-31-26-14-19(2)23(15-25(26)20(3)17-28(31,4)5)18-29-30-27(32)16-22-12-9-11-21-10-7-8-13-24(21)22/h7-15,18,20H,6,16-17H2,1-5H3,(H,30,32)/b29-18-/t20-/m0/s1. The van der Waals surface area contributed by atoms with Gasteiger partial charge in [-0.05, 0) is 85.2 Å². The Kier molecular flexibility index (Phi) is 6.05. The Morgan fingerprint density at radius 3 is 2.72 bits per heavy atom. The van der Waals surface area contributed by atoms with E-state index in [0.29, 0.717) is 12.3 Å². The highest BCUT2D eigenvalue weighted by Crippen LogP contribution is 2.44. The molecule has 1 atom stereocenters. The van der Waals surface area contributed by atoms with Crippen molar-refractivity contribution in [3.8, 4) is 0 Å². The van der Waals surface area contributed by atoms with Crippen molar-refractivity contribution in [3.05, 3.63) is 76.9 Å². The molecule has 4 rings (SSSR count). The van der Waals surface area contributed by atoms with Gasteiger partial charge < -0.3 is 4.90 Å². The van der Waals surface area contributed by atoms with Crippen LogP contribution in [0.1, 0.15) is 62.3 Å². The predicted octanol–water partition coefficient (Wildman–Crippen LogP) is 5.95. The third kappa shape index (κ3) is 4.27. The van der Waals surface area contributed by atoms with Gasteiger partial charge in [0.1, 0.15) is 0 Å². The molecule has 0 aliphatic carbocycles. The Labute approximate surface area is 191 Å². The van der Waals surface area contributed by atoms with Crippen molar-refractivity contribution in [2.75, 3.05) is 11.4 Å². The van der Waals surface area contributed by atoms with Crippen LogP contribution in [0.5, 0.6) is 0 Å². The van der Waals surface area contributed by atoms with Crippen LogP contribution in [-0.4, -0.2) is 24.2 Å². The minimum Gasteiger partial charge on any atom is -0.366 e. The highest BCUT2D eigenvalue weighted by molar-refractivity contribution is 5.91. The van der Waals surface area contributed by atoms with Crippen LogP contribution in [0.15, 0.2) is 59.7 Å². The van der Waals surface area contributed by atoms with Crippen LogP contribution in [0.4, 0.5) is 5.69 Å². The van der Waals surface area contributed by atoms with E-state index in [-0.39, 0.29) is 11.4 Å².